The summed E-state index contributed by atoms with van der Waals surface area (Å²) in [5.74, 6) is -0.178. The van der Waals surface area contributed by atoms with Gasteiger partial charge in [0.05, 0.1) is 6.61 Å². The Morgan fingerprint density at radius 1 is 1.57 bits per heavy atom. The van der Waals surface area contributed by atoms with Crippen LogP contribution in [0.4, 0.5) is 0 Å². The third-order valence-corrected chi connectivity index (χ3v) is 1.68. The third-order valence-electron chi connectivity index (χ3n) is 1.44. The van der Waals surface area contributed by atoms with Crippen LogP contribution in [-0.4, -0.2) is 26.2 Å². The van der Waals surface area contributed by atoms with Gasteiger partial charge in [0, 0.05) is 12.1 Å². The first-order valence-corrected chi connectivity index (χ1v) is 4.44. The SMILES string of the molecule is C=C/C=C(/COCC(=O)NC)C(=C)Cl. The van der Waals surface area contributed by atoms with Crippen molar-refractivity contribution in [3.8, 4) is 0 Å². The van der Waals surface area contributed by atoms with Crippen molar-refractivity contribution in [3.05, 3.63) is 35.9 Å². The van der Waals surface area contributed by atoms with Crippen LogP contribution in [0.3, 0.4) is 0 Å². The molecular weight excluding hydrogens is 202 g/mol. The van der Waals surface area contributed by atoms with Gasteiger partial charge in [-0.05, 0) is 5.57 Å². The Bertz CT molecular complexity index is 259. The lowest BCUT2D eigenvalue weighted by Gasteiger charge is -2.05. The Morgan fingerprint density at radius 3 is 2.64 bits per heavy atom. The van der Waals surface area contributed by atoms with E-state index in [4.69, 9.17) is 16.3 Å². The zero-order valence-electron chi connectivity index (χ0n) is 8.18. The van der Waals surface area contributed by atoms with Crippen molar-refractivity contribution in [2.75, 3.05) is 20.3 Å². The van der Waals surface area contributed by atoms with Gasteiger partial charge in [0.1, 0.15) is 6.61 Å². The monoisotopic (exact) mass is 215 g/mol. The second-order valence-corrected chi connectivity index (χ2v) is 2.95. The Labute approximate surface area is 89.1 Å². The average molecular weight is 216 g/mol. The average Bonchev–Trinajstić information content (AvgIpc) is 2.16. The van der Waals surface area contributed by atoms with Crippen LogP contribution in [0.25, 0.3) is 0 Å². The molecule has 0 fully saturated rings. The number of ether oxygens (including phenoxy) is 1. The molecule has 0 aromatic heterocycles. The number of rotatable bonds is 6. The molecule has 0 heterocycles. The molecule has 1 amide bonds. The maximum absolute atomic E-state index is 10.8. The Balaban J connectivity index is 3.96. The van der Waals surface area contributed by atoms with Gasteiger partial charge >= 0.3 is 0 Å². The van der Waals surface area contributed by atoms with Gasteiger partial charge in [-0.25, -0.2) is 0 Å². The fourth-order valence-corrected chi connectivity index (χ4v) is 0.803. The molecule has 0 aliphatic heterocycles. The molecule has 14 heavy (non-hydrogen) atoms. The van der Waals surface area contributed by atoms with E-state index in [1.54, 1.807) is 19.2 Å². The van der Waals surface area contributed by atoms with E-state index in [2.05, 4.69) is 18.5 Å². The zero-order chi connectivity index (χ0) is 11.0. The number of amides is 1. The van der Waals surface area contributed by atoms with E-state index >= 15 is 0 Å². The molecule has 0 spiro atoms. The number of nitrogens with one attached hydrogen (secondary N) is 1. The highest BCUT2D eigenvalue weighted by Gasteiger charge is 2.02. The molecule has 0 aliphatic rings. The molecule has 0 saturated heterocycles. The van der Waals surface area contributed by atoms with Gasteiger partial charge in [-0.2, -0.15) is 0 Å². The fourth-order valence-electron chi connectivity index (χ4n) is 0.685. The van der Waals surface area contributed by atoms with Gasteiger partial charge in [0.15, 0.2) is 0 Å². The summed E-state index contributed by atoms with van der Waals surface area (Å²) in [5.41, 5.74) is 0.713. The van der Waals surface area contributed by atoms with Crippen molar-refractivity contribution in [1.29, 1.82) is 0 Å². The van der Waals surface area contributed by atoms with Crippen LogP contribution < -0.4 is 5.32 Å². The highest BCUT2D eigenvalue weighted by atomic mass is 35.5. The van der Waals surface area contributed by atoms with Crippen molar-refractivity contribution in [2.24, 2.45) is 0 Å². The number of likely N-dealkylation sites (N-methyl/N-ethyl adjacent to an activating group) is 1. The van der Waals surface area contributed by atoms with Gasteiger partial charge in [-0.1, -0.05) is 36.9 Å². The number of carbonyl (C=O) groups excluding carboxylic acids is 1. The first kappa shape index (κ1) is 12.9. The van der Waals surface area contributed by atoms with Crippen molar-refractivity contribution in [2.45, 2.75) is 0 Å². The van der Waals surface area contributed by atoms with E-state index < -0.39 is 0 Å². The van der Waals surface area contributed by atoms with Crippen LogP contribution in [0.15, 0.2) is 35.9 Å². The largest absolute Gasteiger partial charge is 0.367 e. The summed E-state index contributed by atoms with van der Waals surface area (Å²) in [7, 11) is 1.55. The molecule has 78 valence electrons. The van der Waals surface area contributed by atoms with E-state index in [-0.39, 0.29) is 19.1 Å². The molecule has 0 aliphatic carbocycles. The maximum Gasteiger partial charge on any atom is 0.245 e. The van der Waals surface area contributed by atoms with Gasteiger partial charge in [-0.15, -0.1) is 0 Å². The van der Waals surface area contributed by atoms with E-state index in [0.717, 1.165) is 0 Å². The third kappa shape index (κ3) is 5.56. The second kappa shape index (κ2) is 7.35. The minimum Gasteiger partial charge on any atom is -0.367 e. The van der Waals surface area contributed by atoms with Crippen LogP contribution in [-0.2, 0) is 9.53 Å². The first-order chi connectivity index (χ1) is 6.61. The summed E-state index contributed by atoms with van der Waals surface area (Å²) in [6, 6.07) is 0. The molecule has 0 saturated carbocycles. The Hall–Kier alpha value is -1.06. The molecule has 4 heteroatoms. The lowest BCUT2D eigenvalue weighted by atomic mass is 10.2. The summed E-state index contributed by atoms with van der Waals surface area (Å²) in [6.07, 6.45) is 3.28. The van der Waals surface area contributed by atoms with Crippen molar-refractivity contribution < 1.29 is 9.53 Å². The van der Waals surface area contributed by atoms with Gasteiger partial charge in [0.2, 0.25) is 5.91 Å². The lowest BCUT2D eigenvalue weighted by molar-refractivity contribution is -0.124. The predicted octanol–water partition coefficient (Wildman–Crippen LogP) is 1.61. The standard InChI is InChI=1S/C10H14ClNO2/c1-4-5-9(8(2)11)6-14-7-10(13)12-3/h4-5H,1-2,6-7H2,3H3,(H,12,13)/b9-5-. The number of carbonyl (C=O) groups is 1. The van der Waals surface area contributed by atoms with Crippen LogP contribution in [0, 0.1) is 0 Å². The predicted molar refractivity (Wildman–Crippen MR) is 58.2 cm³/mol. The van der Waals surface area contributed by atoms with E-state index in [1.165, 1.54) is 0 Å². The van der Waals surface area contributed by atoms with Crippen molar-refractivity contribution in [1.82, 2.24) is 5.32 Å². The minimum absolute atomic E-state index is 0.00908. The van der Waals surface area contributed by atoms with Gasteiger partial charge in [-0.3, -0.25) is 4.79 Å². The molecule has 1 N–H and O–H groups in total. The summed E-state index contributed by atoms with van der Waals surface area (Å²) in [5, 5.41) is 2.83. The number of hydrogen-bond donors (Lipinski definition) is 1. The molecule has 0 radical (unpaired) electrons. The van der Waals surface area contributed by atoms with Gasteiger partial charge in [0.25, 0.3) is 0 Å². The molecule has 3 nitrogen and oxygen atoms in total. The molecule has 0 bridgehead atoms. The van der Waals surface area contributed by atoms with Crippen molar-refractivity contribution in [3.63, 3.8) is 0 Å². The molecule has 0 aromatic carbocycles. The summed E-state index contributed by atoms with van der Waals surface area (Å²) in [4.78, 5) is 10.8. The Morgan fingerprint density at radius 2 is 2.21 bits per heavy atom. The normalized spacial score (nSPS) is 10.9. The van der Waals surface area contributed by atoms with Gasteiger partial charge < -0.3 is 10.1 Å². The number of hydrogen-bond acceptors (Lipinski definition) is 2. The summed E-state index contributed by atoms with van der Waals surface area (Å²) in [6.45, 7) is 7.35. The van der Waals surface area contributed by atoms with Crippen LogP contribution in [0.1, 0.15) is 0 Å². The minimum atomic E-state index is -0.178. The fraction of sp³-hybridized carbons (Fsp3) is 0.300. The van der Waals surface area contributed by atoms with E-state index in [1.807, 2.05) is 0 Å². The molecule has 0 atom stereocenters. The molecule has 0 unspecified atom stereocenters. The molecule has 0 aromatic rings. The van der Waals surface area contributed by atoms with E-state index in [9.17, 15) is 4.79 Å². The van der Waals surface area contributed by atoms with E-state index in [0.29, 0.717) is 10.6 Å². The highest BCUT2D eigenvalue weighted by molar-refractivity contribution is 6.31. The quantitative estimate of drug-likeness (QED) is 0.684. The van der Waals surface area contributed by atoms with Crippen LogP contribution in [0.2, 0.25) is 0 Å². The smallest absolute Gasteiger partial charge is 0.245 e. The van der Waals surface area contributed by atoms with Crippen LogP contribution in [0.5, 0.6) is 0 Å². The highest BCUT2D eigenvalue weighted by Crippen LogP contribution is 2.12. The Kier molecular flexibility index (Phi) is 6.80. The zero-order valence-corrected chi connectivity index (χ0v) is 8.93. The summed E-state index contributed by atoms with van der Waals surface area (Å²) < 4.78 is 5.09. The number of allylic oxidation sites excluding steroid dienone is 2. The lowest BCUT2D eigenvalue weighted by Crippen LogP contribution is -2.23. The molecular formula is C10H14ClNO2. The van der Waals surface area contributed by atoms with Crippen molar-refractivity contribution >= 4 is 17.5 Å². The number of halogens is 1. The maximum atomic E-state index is 10.8. The van der Waals surface area contributed by atoms with Crippen LogP contribution >= 0.6 is 11.6 Å². The summed E-state index contributed by atoms with van der Waals surface area (Å²) >= 11 is 5.68. The molecule has 0 rings (SSSR count). The first-order valence-electron chi connectivity index (χ1n) is 4.06. The topological polar surface area (TPSA) is 38.3 Å². The second-order valence-electron chi connectivity index (χ2n) is 2.50.